The maximum Gasteiger partial charge on any atom is 0.265 e. The van der Waals surface area contributed by atoms with Gasteiger partial charge in [-0.15, -0.1) is 11.3 Å². The Kier molecular flexibility index (Phi) is 4.50. The first-order valence-electron chi connectivity index (χ1n) is 8.16. The number of anilines is 1. The van der Waals surface area contributed by atoms with Crippen molar-refractivity contribution >= 4 is 22.9 Å². The zero-order chi connectivity index (χ0) is 17.9. The Balaban J connectivity index is 1.41. The maximum absolute atomic E-state index is 12.3. The molecule has 0 saturated heterocycles. The van der Waals surface area contributed by atoms with Crippen LogP contribution in [0, 0.1) is 6.92 Å². The third-order valence-corrected chi connectivity index (χ3v) is 5.02. The van der Waals surface area contributed by atoms with E-state index < -0.39 is 0 Å². The minimum Gasteiger partial charge on any atom is -0.489 e. The van der Waals surface area contributed by atoms with Crippen molar-refractivity contribution in [3.8, 4) is 17.2 Å². The molecule has 2 heterocycles. The summed E-state index contributed by atoms with van der Waals surface area (Å²) in [6.07, 6.45) is 0. The molecule has 6 heteroatoms. The van der Waals surface area contributed by atoms with Gasteiger partial charge in [0.15, 0.2) is 11.5 Å². The van der Waals surface area contributed by atoms with E-state index >= 15 is 0 Å². The number of carbonyl (C=O) groups is 1. The molecule has 0 bridgehead atoms. The summed E-state index contributed by atoms with van der Waals surface area (Å²) in [5.41, 5.74) is 2.69. The van der Waals surface area contributed by atoms with E-state index in [-0.39, 0.29) is 12.7 Å². The van der Waals surface area contributed by atoms with Gasteiger partial charge in [-0.2, -0.15) is 0 Å². The van der Waals surface area contributed by atoms with Gasteiger partial charge >= 0.3 is 0 Å². The number of rotatable bonds is 5. The lowest BCUT2D eigenvalue weighted by molar-refractivity contribution is 0.103. The number of ether oxygens (including phenoxy) is 3. The lowest BCUT2D eigenvalue weighted by Gasteiger charge is -2.09. The van der Waals surface area contributed by atoms with Gasteiger partial charge in [0, 0.05) is 11.8 Å². The Bertz CT molecular complexity index is 950. The summed E-state index contributed by atoms with van der Waals surface area (Å²) >= 11 is 1.44. The second-order valence-electron chi connectivity index (χ2n) is 5.89. The van der Waals surface area contributed by atoms with Gasteiger partial charge in [0.2, 0.25) is 6.79 Å². The molecule has 0 atom stereocenters. The highest BCUT2D eigenvalue weighted by Crippen LogP contribution is 2.35. The summed E-state index contributed by atoms with van der Waals surface area (Å²) < 4.78 is 16.5. The van der Waals surface area contributed by atoms with Crippen molar-refractivity contribution in [2.24, 2.45) is 0 Å². The number of fused-ring (bicyclic) bond motifs is 1. The van der Waals surface area contributed by atoms with Crippen molar-refractivity contribution in [1.82, 2.24) is 0 Å². The lowest BCUT2D eigenvalue weighted by Crippen LogP contribution is -2.11. The molecular formula is C20H17NO4S. The quantitative estimate of drug-likeness (QED) is 0.715. The molecule has 0 spiro atoms. The van der Waals surface area contributed by atoms with Crippen molar-refractivity contribution in [2.45, 2.75) is 13.5 Å². The molecular weight excluding hydrogens is 350 g/mol. The Labute approximate surface area is 155 Å². The Hall–Kier alpha value is -2.99. The van der Waals surface area contributed by atoms with Crippen LogP contribution in [0.5, 0.6) is 17.2 Å². The third-order valence-electron chi connectivity index (χ3n) is 4.00. The van der Waals surface area contributed by atoms with Crippen molar-refractivity contribution in [1.29, 1.82) is 0 Å². The maximum atomic E-state index is 12.3. The second kappa shape index (κ2) is 7.09. The van der Waals surface area contributed by atoms with Crippen LogP contribution < -0.4 is 19.5 Å². The SMILES string of the molecule is Cc1ccsc1C(=O)Nc1cccc(COc2ccc3c(c2)OCO3)c1. The number of nitrogens with one attached hydrogen (secondary N) is 1. The van der Waals surface area contributed by atoms with Crippen LogP contribution in [0.3, 0.4) is 0 Å². The topological polar surface area (TPSA) is 56.8 Å². The smallest absolute Gasteiger partial charge is 0.265 e. The average molecular weight is 367 g/mol. The summed E-state index contributed by atoms with van der Waals surface area (Å²) in [7, 11) is 0. The lowest BCUT2D eigenvalue weighted by atomic mass is 10.2. The fourth-order valence-electron chi connectivity index (χ4n) is 2.67. The highest BCUT2D eigenvalue weighted by Gasteiger charge is 2.14. The summed E-state index contributed by atoms with van der Waals surface area (Å²) in [6.45, 7) is 2.56. The standard InChI is InChI=1S/C20H17NO4S/c1-13-7-8-26-19(13)20(22)21-15-4-2-3-14(9-15)11-23-16-5-6-17-18(10-16)25-12-24-17/h2-10H,11-12H2,1H3,(H,21,22). The number of aryl methyl sites for hydroxylation is 1. The Morgan fingerprint density at radius 2 is 2.04 bits per heavy atom. The first kappa shape index (κ1) is 16.5. The molecule has 1 aliphatic heterocycles. The summed E-state index contributed by atoms with van der Waals surface area (Å²) in [5, 5.41) is 4.85. The molecule has 0 saturated carbocycles. The van der Waals surface area contributed by atoms with Gasteiger partial charge in [-0.05, 0) is 53.8 Å². The van der Waals surface area contributed by atoms with Gasteiger partial charge in [0.1, 0.15) is 12.4 Å². The number of amides is 1. The van der Waals surface area contributed by atoms with E-state index in [0.717, 1.165) is 27.4 Å². The van der Waals surface area contributed by atoms with Crippen LogP contribution in [-0.4, -0.2) is 12.7 Å². The molecule has 0 radical (unpaired) electrons. The molecule has 1 amide bonds. The van der Waals surface area contributed by atoms with Crippen molar-refractivity contribution in [2.75, 3.05) is 12.1 Å². The van der Waals surface area contributed by atoms with E-state index in [1.807, 2.05) is 60.8 Å². The summed E-state index contributed by atoms with van der Waals surface area (Å²) in [5.74, 6) is 2.03. The summed E-state index contributed by atoms with van der Waals surface area (Å²) in [4.78, 5) is 13.1. The normalized spacial score (nSPS) is 12.0. The van der Waals surface area contributed by atoms with E-state index in [1.165, 1.54) is 11.3 Å². The van der Waals surface area contributed by atoms with Crippen molar-refractivity contribution in [3.63, 3.8) is 0 Å². The fourth-order valence-corrected chi connectivity index (χ4v) is 3.49. The number of benzene rings is 2. The average Bonchev–Trinajstić information content (AvgIpc) is 3.28. The van der Waals surface area contributed by atoms with E-state index in [1.54, 1.807) is 0 Å². The molecule has 3 aromatic rings. The zero-order valence-electron chi connectivity index (χ0n) is 14.2. The van der Waals surface area contributed by atoms with Crippen molar-refractivity contribution in [3.05, 3.63) is 69.9 Å². The Morgan fingerprint density at radius 1 is 1.15 bits per heavy atom. The summed E-state index contributed by atoms with van der Waals surface area (Å²) in [6, 6.07) is 15.1. The highest BCUT2D eigenvalue weighted by molar-refractivity contribution is 7.12. The molecule has 4 rings (SSSR count). The van der Waals surface area contributed by atoms with Crippen LogP contribution in [0.2, 0.25) is 0 Å². The molecule has 0 aliphatic carbocycles. The van der Waals surface area contributed by atoms with Crippen LogP contribution in [0.25, 0.3) is 0 Å². The van der Waals surface area contributed by atoms with Crippen molar-refractivity contribution < 1.29 is 19.0 Å². The molecule has 132 valence electrons. The van der Waals surface area contributed by atoms with Crippen LogP contribution in [0.1, 0.15) is 20.8 Å². The Morgan fingerprint density at radius 3 is 2.88 bits per heavy atom. The predicted octanol–water partition coefficient (Wildman–Crippen LogP) is 4.62. The molecule has 26 heavy (non-hydrogen) atoms. The van der Waals surface area contributed by atoms with Gasteiger partial charge < -0.3 is 19.5 Å². The zero-order valence-corrected chi connectivity index (χ0v) is 15.0. The molecule has 0 unspecified atom stereocenters. The largest absolute Gasteiger partial charge is 0.489 e. The molecule has 1 aliphatic rings. The minimum atomic E-state index is -0.0914. The third kappa shape index (κ3) is 3.50. The number of hydrogen-bond donors (Lipinski definition) is 1. The van der Waals surface area contributed by atoms with Crippen LogP contribution in [-0.2, 0) is 6.61 Å². The van der Waals surface area contributed by atoms with Gasteiger partial charge in [-0.1, -0.05) is 12.1 Å². The second-order valence-corrected chi connectivity index (χ2v) is 6.81. The van der Waals surface area contributed by atoms with E-state index in [0.29, 0.717) is 18.1 Å². The molecule has 1 aromatic heterocycles. The van der Waals surface area contributed by atoms with E-state index in [4.69, 9.17) is 14.2 Å². The van der Waals surface area contributed by atoms with Gasteiger partial charge in [0.25, 0.3) is 5.91 Å². The fraction of sp³-hybridized carbons (Fsp3) is 0.150. The minimum absolute atomic E-state index is 0.0914. The van der Waals surface area contributed by atoms with Gasteiger partial charge in [0.05, 0.1) is 4.88 Å². The monoisotopic (exact) mass is 367 g/mol. The number of carbonyl (C=O) groups excluding carboxylic acids is 1. The number of thiophene rings is 1. The first-order valence-corrected chi connectivity index (χ1v) is 9.04. The van der Waals surface area contributed by atoms with Crippen LogP contribution in [0.4, 0.5) is 5.69 Å². The van der Waals surface area contributed by atoms with E-state index in [9.17, 15) is 4.79 Å². The van der Waals surface area contributed by atoms with Crippen LogP contribution >= 0.6 is 11.3 Å². The predicted molar refractivity (Wildman–Crippen MR) is 100 cm³/mol. The van der Waals surface area contributed by atoms with E-state index in [2.05, 4.69) is 5.32 Å². The van der Waals surface area contributed by atoms with Crippen LogP contribution in [0.15, 0.2) is 53.9 Å². The highest BCUT2D eigenvalue weighted by atomic mass is 32.1. The molecule has 1 N–H and O–H groups in total. The molecule has 0 fully saturated rings. The molecule has 2 aromatic carbocycles. The van der Waals surface area contributed by atoms with Gasteiger partial charge in [-0.25, -0.2) is 0 Å². The number of hydrogen-bond acceptors (Lipinski definition) is 5. The van der Waals surface area contributed by atoms with Gasteiger partial charge in [-0.3, -0.25) is 4.79 Å². The molecule has 5 nitrogen and oxygen atoms in total. The first-order chi connectivity index (χ1) is 12.7.